The van der Waals surface area contributed by atoms with Gasteiger partial charge in [0.1, 0.15) is 5.70 Å². The highest BCUT2D eigenvalue weighted by Crippen LogP contribution is 2.17. The predicted octanol–water partition coefficient (Wildman–Crippen LogP) is 0.739. The summed E-state index contributed by atoms with van der Waals surface area (Å²) in [6.45, 7) is 4.27. The van der Waals surface area contributed by atoms with E-state index >= 15 is 0 Å². The number of thiophene rings is 1. The molecule has 3 rings (SSSR count). The van der Waals surface area contributed by atoms with Crippen LogP contribution >= 0.6 is 11.3 Å². The molecule has 7 heteroatoms. The van der Waals surface area contributed by atoms with Crippen LogP contribution in [0.2, 0.25) is 0 Å². The molecule has 1 aromatic rings. The van der Waals surface area contributed by atoms with E-state index in [1.54, 1.807) is 29.2 Å². The van der Waals surface area contributed by atoms with Crippen LogP contribution in [0.3, 0.4) is 0 Å². The summed E-state index contributed by atoms with van der Waals surface area (Å²) in [5, 5.41) is 4.76. The zero-order valence-electron chi connectivity index (χ0n) is 11.7. The maximum Gasteiger partial charge on any atom is 0.276 e. The second-order valence-electron chi connectivity index (χ2n) is 4.93. The van der Waals surface area contributed by atoms with Gasteiger partial charge in [0.15, 0.2) is 0 Å². The van der Waals surface area contributed by atoms with Crippen LogP contribution in [-0.4, -0.2) is 53.8 Å². The summed E-state index contributed by atoms with van der Waals surface area (Å²) in [6, 6.07) is 3.89. The van der Waals surface area contributed by atoms with Gasteiger partial charge in [-0.25, -0.2) is 4.99 Å². The Balaban J connectivity index is 1.70. The number of carbonyl (C=O) groups excluding carboxylic acids is 2. The number of aliphatic imine (C=N–C) groups is 1. The molecule has 2 aliphatic rings. The van der Waals surface area contributed by atoms with Crippen molar-refractivity contribution in [3.8, 4) is 0 Å². The fourth-order valence-corrected chi connectivity index (χ4v) is 3.00. The number of piperazine rings is 1. The largest absolute Gasteiger partial charge is 0.339 e. The quantitative estimate of drug-likeness (QED) is 0.778. The number of rotatable bonds is 1. The third kappa shape index (κ3) is 2.97. The van der Waals surface area contributed by atoms with E-state index in [2.05, 4.69) is 10.3 Å². The summed E-state index contributed by atoms with van der Waals surface area (Å²) in [6.07, 6.45) is 1.79. The summed E-state index contributed by atoms with van der Waals surface area (Å²) < 4.78 is 0. The van der Waals surface area contributed by atoms with Crippen LogP contribution in [-0.2, 0) is 9.59 Å². The van der Waals surface area contributed by atoms with Crippen molar-refractivity contribution in [2.45, 2.75) is 6.92 Å². The molecule has 110 valence electrons. The third-order valence-electron chi connectivity index (χ3n) is 3.53. The topological polar surface area (TPSA) is 65.0 Å². The Kier molecular flexibility index (Phi) is 3.74. The van der Waals surface area contributed by atoms with Crippen molar-refractivity contribution in [3.63, 3.8) is 0 Å². The lowest BCUT2D eigenvalue weighted by Crippen LogP contribution is -2.52. The van der Waals surface area contributed by atoms with Gasteiger partial charge in [-0.05, 0) is 17.5 Å². The van der Waals surface area contributed by atoms with E-state index in [0.29, 0.717) is 37.8 Å². The van der Waals surface area contributed by atoms with Crippen molar-refractivity contribution < 1.29 is 9.59 Å². The van der Waals surface area contributed by atoms with Gasteiger partial charge in [-0.1, -0.05) is 6.07 Å². The molecule has 2 amide bonds. The van der Waals surface area contributed by atoms with Crippen LogP contribution < -0.4 is 5.32 Å². The zero-order valence-corrected chi connectivity index (χ0v) is 12.5. The SMILES string of the molecule is CC(=O)N1CCN(C2=N/C(=C\c3cccs3)C(=O)N2)CC1. The molecule has 3 heterocycles. The molecular formula is C14H16N4O2S. The van der Waals surface area contributed by atoms with Crippen molar-refractivity contribution in [1.29, 1.82) is 0 Å². The average Bonchev–Trinajstić information content (AvgIpc) is 3.10. The minimum atomic E-state index is -0.174. The number of amides is 2. The van der Waals surface area contributed by atoms with Gasteiger partial charge >= 0.3 is 0 Å². The van der Waals surface area contributed by atoms with Gasteiger partial charge in [-0.3, -0.25) is 14.9 Å². The Hall–Kier alpha value is -2.15. The Morgan fingerprint density at radius 2 is 2.14 bits per heavy atom. The highest BCUT2D eigenvalue weighted by molar-refractivity contribution is 7.10. The molecule has 0 spiro atoms. The summed E-state index contributed by atoms with van der Waals surface area (Å²) in [5.74, 6) is 0.503. The first-order valence-corrected chi connectivity index (χ1v) is 7.67. The molecule has 0 atom stereocenters. The maximum atomic E-state index is 11.9. The van der Waals surface area contributed by atoms with E-state index in [9.17, 15) is 9.59 Å². The van der Waals surface area contributed by atoms with Crippen molar-refractivity contribution in [1.82, 2.24) is 15.1 Å². The molecule has 1 N–H and O–H groups in total. The number of carbonyl (C=O) groups is 2. The Labute approximate surface area is 126 Å². The van der Waals surface area contributed by atoms with E-state index in [-0.39, 0.29) is 11.8 Å². The number of nitrogens with one attached hydrogen (secondary N) is 1. The first-order valence-electron chi connectivity index (χ1n) is 6.79. The molecule has 0 aliphatic carbocycles. The summed E-state index contributed by atoms with van der Waals surface area (Å²) in [7, 11) is 0. The van der Waals surface area contributed by atoms with Crippen LogP contribution in [0.5, 0.6) is 0 Å². The molecule has 0 unspecified atom stereocenters. The smallest absolute Gasteiger partial charge is 0.276 e. The fourth-order valence-electron chi connectivity index (χ4n) is 2.35. The maximum absolute atomic E-state index is 11.9. The van der Waals surface area contributed by atoms with E-state index in [1.807, 2.05) is 22.4 Å². The fraction of sp³-hybridized carbons (Fsp3) is 0.357. The van der Waals surface area contributed by atoms with Gasteiger partial charge in [-0.2, -0.15) is 0 Å². The molecule has 6 nitrogen and oxygen atoms in total. The van der Waals surface area contributed by atoms with Crippen molar-refractivity contribution in [2.75, 3.05) is 26.2 Å². The second-order valence-corrected chi connectivity index (χ2v) is 5.91. The molecule has 0 radical (unpaired) electrons. The molecular weight excluding hydrogens is 288 g/mol. The standard InChI is InChI=1S/C14H16N4O2S/c1-10(19)17-4-6-18(7-5-17)14-15-12(13(20)16-14)9-11-3-2-8-21-11/h2-3,8-9H,4-7H2,1H3,(H,15,16,20)/b12-9-. The number of guanidine groups is 1. The monoisotopic (exact) mass is 304 g/mol. The van der Waals surface area contributed by atoms with Gasteiger partial charge in [0, 0.05) is 38.0 Å². The highest BCUT2D eigenvalue weighted by atomic mass is 32.1. The first-order chi connectivity index (χ1) is 10.1. The van der Waals surface area contributed by atoms with Crippen molar-refractivity contribution in [3.05, 3.63) is 28.1 Å². The van der Waals surface area contributed by atoms with E-state index in [4.69, 9.17) is 0 Å². The molecule has 21 heavy (non-hydrogen) atoms. The molecule has 1 saturated heterocycles. The van der Waals surface area contributed by atoms with Crippen LogP contribution in [0.1, 0.15) is 11.8 Å². The lowest BCUT2D eigenvalue weighted by atomic mass is 10.3. The van der Waals surface area contributed by atoms with Gasteiger partial charge in [0.25, 0.3) is 5.91 Å². The Morgan fingerprint density at radius 1 is 1.38 bits per heavy atom. The number of hydrogen-bond donors (Lipinski definition) is 1. The predicted molar refractivity (Wildman–Crippen MR) is 81.7 cm³/mol. The number of hydrogen-bond acceptors (Lipinski definition) is 5. The molecule has 2 aliphatic heterocycles. The van der Waals surface area contributed by atoms with Gasteiger partial charge in [0.05, 0.1) is 0 Å². The lowest BCUT2D eigenvalue weighted by molar-refractivity contribution is -0.130. The minimum Gasteiger partial charge on any atom is -0.339 e. The summed E-state index contributed by atoms with van der Waals surface area (Å²) in [5.41, 5.74) is 0.432. The summed E-state index contributed by atoms with van der Waals surface area (Å²) in [4.78, 5) is 32.5. The number of nitrogens with zero attached hydrogens (tertiary/aromatic N) is 3. The lowest BCUT2D eigenvalue weighted by Gasteiger charge is -2.34. The van der Waals surface area contributed by atoms with Gasteiger partial charge in [0.2, 0.25) is 11.9 Å². The summed E-state index contributed by atoms with van der Waals surface area (Å²) >= 11 is 1.57. The normalized spacial score (nSPS) is 20.7. The first kappa shape index (κ1) is 13.8. The minimum absolute atomic E-state index is 0.0883. The van der Waals surface area contributed by atoms with E-state index in [0.717, 1.165) is 4.88 Å². The van der Waals surface area contributed by atoms with Crippen molar-refractivity contribution >= 4 is 35.2 Å². The zero-order chi connectivity index (χ0) is 14.8. The van der Waals surface area contributed by atoms with Crippen LogP contribution in [0, 0.1) is 0 Å². The van der Waals surface area contributed by atoms with Crippen LogP contribution in [0.4, 0.5) is 0 Å². The highest BCUT2D eigenvalue weighted by Gasteiger charge is 2.27. The Morgan fingerprint density at radius 3 is 2.76 bits per heavy atom. The van der Waals surface area contributed by atoms with Crippen LogP contribution in [0.25, 0.3) is 6.08 Å². The third-order valence-corrected chi connectivity index (χ3v) is 4.35. The average molecular weight is 304 g/mol. The van der Waals surface area contributed by atoms with Gasteiger partial charge in [-0.15, -0.1) is 11.3 Å². The van der Waals surface area contributed by atoms with Crippen molar-refractivity contribution in [2.24, 2.45) is 4.99 Å². The molecule has 0 aromatic carbocycles. The second kappa shape index (κ2) is 5.69. The Bertz CT molecular complexity index is 613. The molecule has 1 aromatic heterocycles. The van der Waals surface area contributed by atoms with Gasteiger partial charge < -0.3 is 9.80 Å². The van der Waals surface area contributed by atoms with E-state index in [1.165, 1.54) is 0 Å². The van der Waals surface area contributed by atoms with E-state index < -0.39 is 0 Å². The molecule has 0 saturated carbocycles. The molecule has 0 bridgehead atoms. The van der Waals surface area contributed by atoms with Crippen LogP contribution in [0.15, 0.2) is 28.2 Å². The molecule has 1 fully saturated rings.